The predicted octanol–water partition coefficient (Wildman–Crippen LogP) is 3.61. The van der Waals surface area contributed by atoms with Gasteiger partial charge in [-0.25, -0.2) is 0 Å². The average Bonchev–Trinajstić information content (AvgIpc) is 2.79. The molecule has 1 heterocycles. The molecule has 0 saturated carbocycles. The van der Waals surface area contributed by atoms with Crippen molar-refractivity contribution in [3.8, 4) is 0 Å². The summed E-state index contributed by atoms with van der Waals surface area (Å²) < 4.78 is 5.67. The van der Waals surface area contributed by atoms with E-state index in [1.807, 2.05) is 0 Å². The van der Waals surface area contributed by atoms with Crippen LogP contribution in [0.5, 0.6) is 0 Å². The van der Waals surface area contributed by atoms with E-state index >= 15 is 0 Å². The van der Waals surface area contributed by atoms with E-state index in [0.717, 1.165) is 25.0 Å². The molecule has 0 bridgehead atoms. The van der Waals surface area contributed by atoms with E-state index in [1.165, 1.54) is 45.1 Å². The van der Waals surface area contributed by atoms with Crippen LogP contribution in [0.3, 0.4) is 0 Å². The SMILES string of the molecule is CCC(CCCC1CCCO1)CNCC(C)C. The van der Waals surface area contributed by atoms with Crippen molar-refractivity contribution in [2.75, 3.05) is 19.7 Å². The largest absolute Gasteiger partial charge is 0.378 e. The van der Waals surface area contributed by atoms with Crippen LogP contribution >= 0.6 is 0 Å². The van der Waals surface area contributed by atoms with Gasteiger partial charge in [0.2, 0.25) is 0 Å². The summed E-state index contributed by atoms with van der Waals surface area (Å²) in [6.45, 7) is 10.2. The minimum absolute atomic E-state index is 0.580. The molecule has 0 aromatic carbocycles. The predicted molar refractivity (Wildman–Crippen MR) is 74.3 cm³/mol. The molecule has 1 aliphatic heterocycles. The summed E-state index contributed by atoms with van der Waals surface area (Å²) in [5.74, 6) is 1.62. The molecule has 1 N–H and O–H groups in total. The van der Waals surface area contributed by atoms with Gasteiger partial charge in [-0.3, -0.25) is 0 Å². The van der Waals surface area contributed by atoms with Crippen molar-refractivity contribution in [3.05, 3.63) is 0 Å². The molecule has 0 aliphatic carbocycles. The van der Waals surface area contributed by atoms with E-state index in [2.05, 4.69) is 26.1 Å². The summed E-state index contributed by atoms with van der Waals surface area (Å²) >= 11 is 0. The molecule has 17 heavy (non-hydrogen) atoms. The molecule has 2 nitrogen and oxygen atoms in total. The third-order valence-electron chi connectivity index (χ3n) is 3.73. The van der Waals surface area contributed by atoms with Gasteiger partial charge in [0.1, 0.15) is 0 Å². The maximum atomic E-state index is 5.67. The molecule has 0 radical (unpaired) electrons. The monoisotopic (exact) mass is 241 g/mol. The van der Waals surface area contributed by atoms with Crippen LogP contribution in [0.15, 0.2) is 0 Å². The Bertz CT molecular complexity index is 176. The van der Waals surface area contributed by atoms with Crippen molar-refractivity contribution >= 4 is 0 Å². The van der Waals surface area contributed by atoms with Crippen LogP contribution in [-0.4, -0.2) is 25.8 Å². The second kappa shape index (κ2) is 8.93. The standard InChI is InChI=1S/C15H31NO/c1-4-14(12-16-11-13(2)3)7-5-8-15-9-6-10-17-15/h13-16H,4-12H2,1-3H3. The molecular formula is C15H31NO. The Morgan fingerprint density at radius 3 is 2.71 bits per heavy atom. The van der Waals surface area contributed by atoms with Gasteiger partial charge in [-0.1, -0.05) is 33.6 Å². The topological polar surface area (TPSA) is 21.3 Å². The summed E-state index contributed by atoms with van der Waals surface area (Å²) in [4.78, 5) is 0. The van der Waals surface area contributed by atoms with E-state index in [9.17, 15) is 0 Å². The Kier molecular flexibility index (Phi) is 7.87. The Morgan fingerprint density at radius 1 is 1.29 bits per heavy atom. The summed E-state index contributed by atoms with van der Waals surface area (Å²) in [6.07, 6.45) is 8.43. The third-order valence-corrected chi connectivity index (χ3v) is 3.73. The minimum Gasteiger partial charge on any atom is -0.378 e. The second-order valence-corrected chi connectivity index (χ2v) is 5.89. The molecule has 2 unspecified atom stereocenters. The minimum atomic E-state index is 0.580. The zero-order valence-corrected chi connectivity index (χ0v) is 12.0. The lowest BCUT2D eigenvalue weighted by atomic mass is 9.97. The normalized spacial score (nSPS) is 22.2. The molecule has 0 aromatic heterocycles. The fourth-order valence-corrected chi connectivity index (χ4v) is 2.53. The molecule has 2 atom stereocenters. The number of rotatable bonds is 9. The van der Waals surface area contributed by atoms with Gasteiger partial charge >= 0.3 is 0 Å². The first kappa shape index (κ1) is 15.0. The summed E-state index contributed by atoms with van der Waals surface area (Å²) in [7, 11) is 0. The fraction of sp³-hybridized carbons (Fsp3) is 1.00. The summed E-state index contributed by atoms with van der Waals surface area (Å²) in [6, 6.07) is 0. The Labute approximate surface area is 108 Å². The van der Waals surface area contributed by atoms with Crippen molar-refractivity contribution in [3.63, 3.8) is 0 Å². The maximum Gasteiger partial charge on any atom is 0.0576 e. The van der Waals surface area contributed by atoms with Crippen LogP contribution < -0.4 is 5.32 Å². The maximum absolute atomic E-state index is 5.67. The number of hydrogen-bond donors (Lipinski definition) is 1. The molecule has 1 fully saturated rings. The van der Waals surface area contributed by atoms with Gasteiger partial charge in [0.15, 0.2) is 0 Å². The van der Waals surface area contributed by atoms with Gasteiger partial charge in [0, 0.05) is 6.61 Å². The molecule has 0 amide bonds. The van der Waals surface area contributed by atoms with Crippen LogP contribution in [0.1, 0.15) is 59.3 Å². The van der Waals surface area contributed by atoms with Gasteiger partial charge in [0.25, 0.3) is 0 Å². The zero-order chi connectivity index (χ0) is 12.5. The van der Waals surface area contributed by atoms with E-state index in [4.69, 9.17) is 4.74 Å². The van der Waals surface area contributed by atoms with Gasteiger partial charge in [-0.2, -0.15) is 0 Å². The third kappa shape index (κ3) is 7.05. The highest BCUT2D eigenvalue weighted by Gasteiger charge is 2.15. The van der Waals surface area contributed by atoms with Gasteiger partial charge < -0.3 is 10.1 Å². The fourth-order valence-electron chi connectivity index (χ4n) is 2.53. The van der Waals surface area contributed by atoms with Crippen LogP contribution in [0.25, 0.3) is 0 Å². The summed E-state index contributed by atoms with van der Waals surface area (Å²) in [5, 5.41) is 3.58. The van der Waals surface area contributed by atoms with Crippen molar-refractivity contribution in [2.45, 2.75) is 65.4 Å². The van der Waals surface area contributed by atoms with Crippen LogP contribution in [-0.2, 0) is 4.74 Å². The van der Waals surface area contributed by atoms with Crippen LogP contribution in [0, 0.1) is 11.8 Å². The van der Waals surface area contributed by atoms with Crippen molar-refractivity contribution < 1.29 is 4.74 Å². The highest BCUT2D eigenvalue weighted by Crippen LogP contribution is 2.20. The van der Waals surface area contributed by atoms with Crippen molar-refractivity contribution in [2.24, 2.45) is 11.8 Å². The number of ether oxygens (including phenoxy) is 1. The number of nitrogens with one attached hydrogen (secondary N) is 1. The average molecular weight is 241 g/mol. The molecule has 0 aromatic rings. The van der Waals surface area contributed by atoms with Gasteiger partial charge in [-0.05, 0) is 50.6 Å². The Hall–Kier alpha value is -0.0800. The van der Waals surface area contributed by atoms with E-state index in [-0.39, 0.29) is 0 Å². The first-order valence-corrected chi connectivity index (χ1v) is 7.54. The molecule has 1 aliphatic rings. The van der Waals surface area contributed by atoms with E-state index in [0.29, 0.717) is 6.10 Å². The zero-order valence-electron chi connectivity index (χ0n) is 12.0. The van der Waals surface area contributed by atoms with Gasteiger partial charge in [0.05, 0.1) is 6.10 Å². The molecule has 1 rings (SSSR count). The van der Waals surface area contributed by atoms with Gasteiger partial charge in [-0.15, -0.1) is 0 Å². The lowest BCUT2D eigenvalue weighted by Crippen LogP contribution is -2.26. The quantitative estimate of drug-likeness (QED) is 0.666. The Balaban J connectivity index is 2.01. The highest BCUT2D eigenvalue weighted by atomic mass is 16.5. The molecule has 102 valence electrons. The van der Waals surface area contributed by atoms with Crippen LogP contribution in [0.2, 0.25) is 0 Å². The first-order valence-electron chi connectivity index (χ1n) is 7.54. The molecular weight excluding hydrogens is 210 g/mol. The smallest absolute Gasteiger partial charge is 0.0576 e. The Morgan fingerprint density at radius 2 is 2.12 bits per heavy atom. The lowest BCUT2D eigenvalue weighted by Gasteiger charge is -2.17. The highest BCUT2D eigenvalue weighted by molar-refractivity contribution is 4.67. The van der Waals surface area contributed by atoms with Crippen LogP contribution in [0.4, 0.5) is 0 Å². The lowest BCUT2D eigenvalue weighted by molar-refractivity contribution is 0.101. The van der Waals surface area contributed by atoms with Crippen molar-refractivity contribution in [1.29, 1.82) is 0 Å². The second-order valence-electron chi connectivity index (χ2n) is 5.89. The number of hydrogen-bond acceptors (Lipinski definition) is 2. The molecule has 1 saturated heterocycles. The van der Waals surface area contributed by atoms with E-state index < -0.39 is 0 Å². The van der Waals surface area contributed by atoms with E-state index in [1.54, 1.807) is 0 Å². The van der Waals surface area contributed by atoms with Crippen molar-refractivity contribution in [1.82, 2.24) is 5.32 Å². The first-order chi connectivity index (χ1) is 8.22. The molecule has 0 spiro atoms. The molecule has 2 heteroatoms. The summed E-state index contributed by atoms with van der Waals surface area (Å²) in [5.41, 5.74) is 0.